The van der Waals surface area contributed by atoms with Crippen molar-refractivity contribution in [2.75, 3.05) is 6.54 Å². The monoisotopic (exact) mass is 400 g/mol. The Morgan fingerprint density at radius 1 is 1.18 bits per heavy atom. The summed E-state index contributed by atoms with van der Waals surface area (Å²) in [7, 11) is 0. The summed E-state index contributed by atoms with van der Waals surface area (Å²) in [5.74, 6) is -1.55. The standard InChI is InChI=1S/C21H15ClF2N2O2/c22-14-7-13-8-16(11-26-21(27)17-2-1-15(23)10-19(17)24)28-20(13)18(9-14)12-3-5-25-6-4-12/h1-7,9-10,16H,8,11H2,(H,26,27)/t16-/m0/s1. The fourth-order valence-electron chi connectivity index (χ4n) is 3.23. The molecule has 0 spiro atoms. The van der Waals surface area contributed by atoms with Crippen molar-refractivity contribution in [1.29, 1.82) is 0 Å². The topological polar surface area (TPSA) is 51.2 Å². The second kappa shape index (κ2) is 7.56. The van der Waals surface area contributed by atoms with E-state index in [1.807, 2.05) is 24.3 Å². The molecule has 1 atom stereocenters. The van der Waals surface area contributed by atoms with E-state index in [1.54, 1.807) is 12.4 Å². The molecule has 2 heterocycles. The van der Waals surface area contributed by atoms with Crippen molar-refractivity contribution in [2.24, 2.45) is 0 Å². The van der Waals surface area contributed by atoms with Crippen LogP contribution in [0.1, 0.15) is 15.9 Å². The van der Waals surface area contributed by atoms with Gasteiger partial charge in [-0.2, -0.15) is 0 Å². The van der Waals surface area contributed by atoms with Gasteiger partial charge in [-0.05, 0) is 42.0 Å². The third-order valence-corrected chi connectivity index (χ3v) is 4.74. The number of nitrogens with zero attached hydrogens (tertiary/aromatic N) is 1. The Hall–Kier alpha value is -2.99. The van der Waals surface area contributed by atoms with Gasteiger partial charge in [0.25, 0.3) is 5.91 Å². The molecular formula is C21H15ClF2N2O2. The number of carbonyl (C=O) groups excluding carboxylic acids is 1. The number of aromatic nitrogens is 1. The maximum atomic E-state index is 13.7. The average Bonchev–Trinajstić information content (AvgIpc) is 3.09. The summed E-state index contributed by atoms with van der Waals surface area (Å²) in [5.41, 5.74) is 2.50. The number of benzene rings is 2. The largest absolute Gasteiger partial charge is 0.487 e. The lowest BCUT2D eigenvalue weighted by Gasteiger charge is -2.14. The van der Waals surface area contributed by atoms with E-state index >= 15 is 0 Å². The van der Waals surface area contributed by atoms with Crippen LogP contribution in [-0.2, 0) is 6.42 Å². The Morgan fingerprint density at radius 2 is 1.96 bits per heavy atom. The van der Waals surface area contributed by atoms with E-state index in [0.29, 0.717) is 23.3 Å². The molecule has 4 rings (SSSR count). The van der Waals surface area contributed by atoms with E-state index < -0.39 is 17.5 Å². The van der Waals surface area contributed by atoms with Crippen LogP contribution in [0.4, 0.5) is 8.78 Å². The lowest BCUT2D eigenvalue weighted by atomic mass is 10.0. The predicted octanol–water partition coefficient (Wildman–Crippen LogP) is 4.41. The number of hydrogen-bond donors (Lipinski definition) is 1. The zero-order valence-corrected chi connectivity index (χ0v) is 15.3. The van der Waals surface area contributed by atoms with Gasteiger partial charge in [-0.15, -0.1) is 0 Å². The third-order valence-electron chi connectivity index (χ3n) is 4.52. The van der Waals surface area contributed by atoms with Crippen LogP contribution in [0.25, 0.3) is 11.1 Å². The first-order chi connectivity index (χ1) is 13.5. The number of nitrogens with one attached hydrogen (secondary N) is 1. The van der Waals surface area contributed by atoms with Crippen LogP contribution in [0.15, 0.2) is 54.9 Å². The van der Waals surface area contributed by atoms with Crippen molar-refractivity contribution < 1.29 is 18.3 Å². The van der Waals surface area contributed by atoms with Gasteiger partial charge in [-0.25, -0.2) is 8.78 Å². The van der Waals surface area contributed by atoms with E-state index in [-0.39, 0.29) is 18.2 Å². The lowest BCUT2D eigenvalue weighted by molar-refractivity contribution is 0.0929. The predicted molar refractivity (Wildman–Crippen MR) is 101 cm³/mol. The number of carbonyl (C=O) groups is 1. The summed E-state index contributed by atoms with van der Waals surface area (Å²) in [4.78, 5) is 16.2. The molecule has 1 aliphatic heterocycles. The molecule has 4 nitrogen and oxygen atoms in total. The van der Waals surface area contributed by atoms with Gasteiger partial charge < -0.3 is 10.1 Å². The van der Waals surface area contributed by atoms with Crippen LogP contribution < -0.4 is 10.1 Å². The lowest BCUT2D eigenvalue weighted by Crippen LogP contribution is -2.34. The highest BCUT2D eigenvalue weighted by Crippen LogP contribution is 2.40. The zero-order chi connectivity index (χ0) is 19.7. The summed E-state index contributed by atoms with van der Waals surface area (Å²) in [6.07, 6.45) is 3.61. The molecule has 7 heteroatoms. The van der Waals surface area contributed by atoms with Crippen molar-refractivity contribution >= 4 is 17.5 Å². The fraction of sp³-hybridized carbons (Fsp3) is 0.143. The van der Waals surface area contributed by atoms with Gasteiger partial charge in [0.05, 0.1) is 12.1 Å². The molecule has 28 heavy (non-hydrogen) atoms. The Bertz CT molecular complexity index is 1040. The Kier molecular flexibility index (Phi) is 4.96. The van der Waals surface area contributed by atoms with Gasteiger partial charge in [0.1, 0.15) is 23.5 Å². The number of rotatable bonds is 4. The van der Waals surface area contributed by atoms with Gasteiger partial charge in [-0.3, -0.25) is 9.78 Å². The van der Waals surface area contributed by atoms with E-state index in [0.717, 1.165) is 28.8 Å². The van der Waals surface area contributed by atoms with E-state index in [9.17, 15) is 13.6 Å². The number of ether oxygens (including phenoxy) is 1. The zero-order valence-electron chi connectivity index (χ0n) is 14.6. The number of fused-ring (bicyclic) bond motifs is 1. The maximum absolute atomic E-state index is 13.7. The second-order valence-corrected chi connectivity index (χ2v) is 6.89. The van der Waals surface area contributed by atoms with Crippen molar-refractivity contribution in [3.63, 3.8) is 0 Å². The van der Waals surface area contributed by atoms with Crippen LogP contribution in [0.3, 0.4) is 0 Å². The Labute approximate surface area is 165 Å². The van der Waals surface area contributed by atoms with Crippen LogP contribution in [0.5, 0.6) is 5.75 Å². The molecule has 1 aromatic heterocycles. The number of hydrogen-bond acceptors (Lipinski definition) is 3. The normalized spacial score (nSPS) is 15.0. The Morgan fingerprint density at radius 3 is 2.71 bits per heavy atom. The van der Waals surface area contributed by atoms with Crippen LogP contribution in [0.2, 0.25) is 5.02 Å². The maximum Gasteiger partial charge on any atom is 0.254 e. The van der Waals surface area contributed by atoms with Crippen molar-refractivity contribution in [1.82, 2.24) is 10.3 Å². The molecule has 0 aliphatic carbocycles. The first kappa shape index (κ1) is 18.4. The number of halogens is 3. The van der Waals surface area contributed by atoms with Crippen LogP contribution in [-0.4, -0.2) is 23.5 Å². The molecule has 142 valence electrons. The van der Waals surface area contributed by atoms with Gasteiger partial charge in [-0.1, -0.05) is 11.6 Å². The molecule has 0 bridgehead atoms. The average molecular weight is 401 g/mol. The van der Waals surface area contributed by atoms with E-state index in [1.165, 1.54) is 0 Å². The molecule has 3 aromatic rings. The van der Waals surface area contributed by atoms with Crippen molar-refractivity contribution in [3.8, 4) is 16.9 Å². The summed E-state index contributed by atoms with van der Waals surface area (Å²) in [5, 5.41) is 3.23. The quantitative estimate of drug-likeness (QED) is 0.705. The summed E-state index contributed by atoms with van der Waals surface area (Å²) >= 11 is 6.25. The molecule has 0 fully saturated rings. The molecule has 2 aromatic carbocycles. The number of amides is 1. The molecular weight excluding hydrogens is 386 g/mol. The highest BCUT2D eigenvalue weighted by Gasteiger charge is 2.27. The third kappa shape index (κ3) is 3.68. The highest BCUT2D eigenvalue weighted by molar-refractivity contribution is 6.31. The minimum absolute atomic E-state index is 0.178. The second-order valence-electron chi connectivity index (χ2n) is 6.46. The summed E-state index contributed by atoms with van der Waals surface area (Å²) in [6, 6.07) is 10.2. The molecule has 1 aliphatic rings. The van der Waals surface area contributed by atoms with Gasteiger partial charge in [0.2, 0.25) is 0 Å². The summed E-state index contributed by atoms with van der Waals surface area (Å²) < 4.78 is 32.8. The molecule has 0 unspecified atom stereocenters. The Balaban J connectivity index is 1.49. The van der Waals surface area contributed by atoms with Crippen LogP contribution >= 0.6 is 11.6 Å². The molecule has 1 N–H and O–H groups in total. The molecule has 0 saturated carbocycles. The van der Waals surface area contributed by atoms with Gasteiger partial charge in [0.15, 0.2) is 0 Å². The first-order valence-electron chi connectivity index (χ1n) is 8.64. The molecule has 0 radical (unpaired) electrons. The molecule has 1 amide bonds. The minimum Gasteiger partial charge on any atom is -0.487 e. The van der Waals surface area contributed by atoms with Crippen molar-refractivity contribution in [3.05, 3.63) is 82.6 Å². The summed E-state index contributed by atoms with van der Waals surface area (Å²) in [6.45, 7) is 0.178. The smallest absolute Gasteiger partial charge is 0.254 e. The molecule has 0 saturated heterocycles. The SMILES string of the molecule is O=C(NC[C@@H]1Cc2cc(Cl)cc(-c3ccncc3)c2O1)c1ccc(F)cc1F. The van der Waals surface area contributed by atoms with Crippen molar-refractivity contribution in [2.45, 2.75) is 12.5 Å². The van der Waals surface area contributed by atoms with E-state index in [4.69, 9.17) is 16.3 Å². The first-order valence-corrected chi connectivity index (χ1v) is 9.02. The number of pyridine rings is 1. The van der Waals surface area contributed by atoms with Gasteiger partial charge in [0, 0.05) is 41.0 Å². The van der Waals surface area contributed by atoms with E-state index in [2.05, 4.69) is 10.3 Å². The van der Waals surface area contributed by atoms with Crippen LogP contribution in [0, 0.1) is 11.6 Å². The fourth-order valence-corrected chi connectivity index (χ4v) is 3.47. The van der Waals surface area contributed by atoms with Gasteiger partial charge >= 0.3 is 0 Å². The minimum atomic E-state index is -0.903. The highest BCUT2D eigenvalue weighted by atomic mass is 35.5.